The van der Waals surface area contributed by atoms with Crippen LogP contribution < -0.4 is 5.73 Å². The molecule has 4 heteroatoms. The highest BCUT2D eigenvalue weighted by atomic mass is 15.3. The molecule has 0 aromatic rings. The van der Waals surface area contributed by atoms with Crippen LogP contribution in [0.4, 0.5) is 0 Å². The van der Waals surface area contributed by atoms with E-state index in [9.17, 15) is 0 Å². The second-order valence-corrected chi connectivity index (χ2v) is 5.25. The van der Waals surface area contributed by atoms with Crippen molar-refractivity contribution < 1.29 is 0 Å². The Bertz CT molecular complexity index is 261. The monoisotopic (exact) mass is 254 g/mol. The van der Waals surface area contributed by atoms with Gasteiger partial charge in [-0.3, -0.25) is 4.99 Å². The van der Waals surface area contributed by atoms with E-state index in [4.69, 9.17) is 5.73 Å². The predicted octanol–water partition coefficient (Wildman–Crippen LogP) is 1.76. The summed E-state index contributed by atoms with van der Waals surface area (Å²) >= 11 is 0. The zero-order valence-electron chi connectivity index (χ0n) is 12.5. The number of guanidine groups is 1. The minimum Gasteiger partial charge on any atom is -0.370 e. The zero-order valence-corrected chi connectivity index (χ0v) is 12.5. The predicted molar refractivity (Wildman–Crippen MR) is 78.8 cm³/mol. The largest absolute Gasteiger partial charge is 0.370 e. The first-order valence-corrected chi connectivity index (χ1v) is 7.42. The molecule has 1 aliphatic rings. The van der Waals surface area contributed by atoms with E-state index >= 15 is 0 Å². The molecule has 0 radical (unpaired) electrons. The third-order valence-corrected chi connectivity index (χ3v) is 4.09. The number of likely N-dealkylation sites (N-methyl/N-ethyl adjacent to an activating group) is 1. The Morgan fingerprint density at radius 1 is 1.39 bits per heavy atom. The maximum atomic E-state index is 6.03. The van der Waals surface area contributed by atoms with E-state index in [0.717, 1.165) is 38.7 Å². The molecule has 1 heterocycles. The number of nitrogens with two attached hydrogens (primary N) is 1. The standard InChI is InChI=1S/C14H30N4/c1-5-8-12(4)13-11-16-14(15)18(13)10-9-17(6-2)7-3/h12-13H,5-11H2,1-4H3,(H2,15,16). The lowest BCUT2D eigenvalue weighted by Crippen LogP contribution is -2.47. The summed E-state index contributed by atoms with van der Waals surface area (Å²) in [5.74, 6) is 1.42. The summed E-state index contributed by atoms with van der Waals surface area (Å²) in [6, 6.07) is 0.514. The van der Waals surface area contributed by atoms with Gasteiger partial charge in [0.05, 0.1) is 12.6 Å². The molecule has 0 aliphatic carbocycles. The fourth-order valence-corrected chi connectivity index (χ4v) is 2.75. The van der Waals surface area contributed by atoms with Gasteiger partial charge in [-0.1, -0.05) is 34.1 Å². The van der Waals surface area contributed by atoms with E-state index in [2.05, 4.69) is 42.5 Å². The molecule has 18 heavy (non-hydrogen) atoms. The van der Waals surface area contributed by atoms with Crippen LogP contribution in [0.25, 0.3) is 0 Å². The molecule has 106 valence electrons. The Hall–Kier alpha value is -0.770. The molecule has 0 aromatic carbocycles. The van der Waals surface area contributed by atoms with Crippen molar-refractivity contribution in [3.8, 4) is 0 Å². The number of hydrogen-bond donors (Lipinski definition) is 1. The summed E-state index contributed by atoms with van der Waals surface area (Å²) < 4.78 is 0. The Morgan fingerprint density at radius 3 is 2.61 bits per heavy atom. The van der Waals surface area contributed by atoms with Gasteiger partial charge < -0.3 is 15.5 Å². The van der Waals surface area contributed by atoms with Crippen LogP contribution in [0, 0.1) is 5.92 Å². The van der Waals surface area contributed by atoms with Gasteiger partial charge in [0.15, 0.2) is 5.96 Å². The van der Waals surface area contributed by atoms with Crippen molar-refractivity contribution >= 4 is 5.96 Å². The maximum absolute atomic E-state index is 6.03. The van der Waals surface area contributed by atoms with Crippen molar-refractivity contribution in [3.63, 3.8) is 0 Å². The first-order chi connectivity index (χ1) is 8.63. The quantitative estimate of drug-likeness (QED) is 0.718. The van der Waals surface area contributed by atoms with Crippen LogP contribution in [-0.4, -0.2) is 54.5 Å². The van der Waals surface area contributed by atoms with E-state index in [1.165, 1.54) is 12.8 Å². The van der Waals surface area contributed by atoms with Crippen LogP contribution in [-0.2, 0) is 0 Å². The lowest BCUT2D eigenvalue weighted by Gasteiger charge is -2.32. The Morgan fingerprint density at radius 2 is 2.06 bits per heavy atom. The number of aliphatic imine (C=N–C) groups is 1. The summed E-state index contributed by atoms with van der Waals surface area (Å²) in [6.07, 6.45) is 2.50. The molecular weight excluding hydrogens is 224 g/mol. The van der Waals surface area contributed by atoms with Crippen molar-refractivity contribution in [2.45, 2.75) is 46.6 Å². The highest BCUT2D eigenvalue weighted by molar-refractivity contribution is 5.80. The van der Waals surface area contributed by atoms with Gasteiger partial charge in [0, 0.05) is 13.1 Å². The van der Waals surface area contributed by atoms with E-state index in [-0.39, 0.29) is 0 Å². The van der Waals surface area contributed by atoms with Gasteiger partial charge >= 0.3 is 0 Å². The Kier molecular flexibility index (Phi) is 6.47. The second-order valence-electron chi connectivity index (χ2n) is 5.25. The van der Waals surface area contributed by atoms with Gasteiger partial charge in [0.1, 0.15) is 0 Å². The van der Waals surface area contributed by atoms with E-state index < -0.39 is 0 Å². The highest BCUT2D eigenvalue weighted by Crippen LogP contribution is 2.20. The Balaban J connectivity index is 2.51. The molecule has 0 bridgehead atoms. The molecule has 0 saturated carbocycles. The number of nitrogens with zero attached hydrogens (tertiary/aromatic N) is 3. The summed E-state index contributed by atoms with van der Waals surface area (Å²) in [5.41, 5.74) is 6.03. The van der Waals surface area contributed by atoms with Crippen LogP contribution in [0.1, 0.15) is 40.5 Å². The molecule has 0 aromatic heterocycles. The molecule has 2 atom stereocenters. The van der Waals surface area contributed by atoms with Gasteiger partial charge in [-0.2, -0.15) is 0 Å². The topological polar surface area (TPSA) is 44.9 Å². The number of rotatable bonds is 8. The first kappa shape index (κ1) is 15.3. The van der Waals surface area contributed by atoms with Crippen LogP contribution in [0.5, 0.6) is 0 Å². The highest BCUT2D eigenvalue weighted by Gasteiger charge is 2.29. The minimum atomic E-state index is 0.514. The van der Waals surface area contributed by atoms with Gasteiger partial charge in [0.2, 0.25) is 0 Å². The van der Waals surface area contributed by atoms with Crippen molar-refractivity contribution in [1.82, 2.24) is 9.80 Å². The average molecular weight is 254 g/mol. The summed E-state index contributed by atoms with van der Waals surface area (Å²) in [5, 5.41) is 0. The van der Waals surface area contributed by atoms with Crippen molar-refractivity contribution in [3.05, 3.63) is 0 Å². The molecule has 1 aliphatic heterocycles. The molecule has 1 rings (SSSR count). The summed E-state index contributed by atoms with van der Waals surface area (Å²) in [7, 11) is 0. The third kappa shape index (κ3) is 3.87. The van der Waals surface area contributed by atoms with Gasteiger partial charge in [-0.05, 0) is 25.4 Å². The summed E-state index contributed by atoms with van der Waals surface area (Å²) in [6.45, 7) is 14.2. The molecule has 2 unspecified atom stereocenters. The van der Waals surface area contributed by atoms with Crippen LogP contribution in [0.3, 0.4) is 0 Å². The fourth-order valence-electron chi connectivity index (χ4n) is 2.75. The first-order valence-electron chi connectivity index (χ1n) is 7.42. The van der Waals surface area contributed by atoms with E-state index in [0.29, 0.717) is 12.0 Å². The van der Waals surface area contributed by atoms with Gasteiger partial charge in [-0.15, -0.1) is 0 Å². The van der Waals surface area contributed by atoms with Crippen LogP contribution in [0.15, 0.2) is 4.99 Å². The maximum Gasteiger partial charge on any atom is 0.191 e. The van der Waals surface area contributed by atoms with Crippen LogP contribution in [0.2, 0.25) is 0 Å². The molecule has 0 spiro atoms. The van der Waals surface area contributed by atoms with Crippen molar-refractivity contribution in [2.24, 2.45) is 16.6 Å². The molecule has 0 amide bonds. The lowest BCUT2D eigenvalue weighted by atomic mass is 9.96. The van der Waals surface area contributed by atoms with Crippen LogP contribution >= 0.6 is 0 Å². The SMILES string of the molecule is CCCC(C)C1CN=C(N)N1CCN(CC)CC. The van der Waals surface area contributed by atoms with Gasteiger partial charge in [0.25, 0.3) is 0 Å². The molecule has 0 fully saturated rings. The summed E-state index contributed by atoms with van der Waals surface area (Å²) in [4.78, 5) is 9.19. The molecule has 2 N–H and O–H groups in total. The Labute approximate surface area is 112 Å². The van der Waals surface area contributed by atoms with Gasteiger partial charge in [-0.25, -0.2) is 0 Å². The lowest BCUT2D eigenvalue weighted by molar-refractivity contribution is 0.211. The molecule has 0 saturated heterocycles. The number of hydrogen-bond acceptors (Lipinski definition) is 4. The van der Waals surface area contributed by atoms with Crippen molar-refractivity contribution in [2.75, 3.05) is 32.7 Å². The fraction of sp³-hybridized carbons (Fsp3) is 0.929. The smallest absolute Gasteiger partial charge is 0.191 e. The van der Waals surface area contributed by atoms with E-state index in [1.54, 1.807) is 0 Å². The minimum absolute atomic E-state index is 0.514. The van der Waals surface area contributed by atoms with Crippen molar-refractivity contribution in [1.29, 1.82) is 0 Å². The third-order valence-electron chi connectivity index (χ3n) is 4.09. The zero-order chi connectivity index (χ0) is 13.5. The second kappa shape index (κ2) is 7.62. The average Bonchev–Trinajstić information content (AvgIpc) is 2.73. The normalized spacial score (nSPS) is 21.5. The molecule has 4 nitrogen and oxygen atoms in total. The molecular formula is C14H30N4. The van der Waals surface area contributed by atoms with E-state index in [1.807, 2.05) is 0 Å².